The fourth-order valence-electron chi connectivity index (χ4n) is 1.83. The first kappa shape index (κ1) is 17.0. The zero-order valence-corrected chi connectivity index (χ0v) is 12.6. The Morgan fingerprint density at radius 3 is 2.48 bits per heavy atom. The molecule has 0 fully saturated rings. The molecular formula is C16H22N2O3. The van der Waals surface area contributed by atoms with Crippen molar-refractivity contribution in [1.29, 1.82) is 5.26 Å². The Hall–Kier alpha value is -2.06. The Morgan fingerprint density at radius 2 is 1.95 bits per heavy atom. The van der Waals surface area contributed by atoms with Crippen LogP contribution in [0.5, 0.6) is 5.75 Å². The number of aliphatic hydroxyl groups is 1. The Balaban J connectivity index is 2.46. The molecule has 0 heterocycles. The Bertz CT molecular complexity index is 487. The maximum absolute atomic E-state index is 11.9. The van der Waals surface area contributed by atoms with Crippen molar-refractivity contribution in [1.82, 2.24) is 5.32 Å². The average Bonchev–Trinajstić information content (AvgIpc) is 2.52. The van der Waals surface area contributed by atoms with E-state index in [1.165, 1.54) is 0 Å². The van der Waals surface area contributed by atoms with Crippen LogP contribution < -0.4 is 10.1 Å². The molecule has 0 aliphatic heterocycles. The summed E-state index contributed by atoms with van der Waals surface area (Å²) in [6.07, 6.45) is 1.46. The fraction of sp³-hybridized carbons (Fsp3) is 0.500. The normalized spacial score (nSPS) is 10.8. The van der Waals surface area contributed by atoms with E-state index in [4.69, 9.17) is 10.00 Å². The van der Waals surface area contributed by atoms with Crippen LogP contribution in [0.1, 0.15) is 32.3 Å². The van der Waals surface area contributed by atoms with E-state index in [0.717, 1.165) is 5.56 Å². The van der Waals surface area contributed by atoms with Crippen LogP contribution in [0.2, 0.25) is 0 Å². The van der Waals surface area contributed by atoms with E-state index in [1.807, 2.05) is 19.9 Å². The van der Waals surface area contributed by atoms with Gasteiger partial charge in [0.25, 0.3) is 0 Å². The topological polar surface area (TPSA) is 82.3 Å². The summed E-state index contributed by atoms with van der Waals surface area (Å²) in [4.78, 5) is 11.9. The van der Waals surface area contributed by atoms with Crippen molar-refractivity contribution < 1.29 is 14.6 Å². The molecule has 1 aromatic rings. The third kappa shape index (κ3) is 5.84. The number of rotatable bonds is 8. The van der Waals surface area contributed by atoms with Crippen molar-refractivity contribution in [2.45, 2.75) is 38.7 Å². The number of ether oxygens (including phenoxy) is 1. The second-order valence-electron chi connectivity index (χ2n) is 4.98. The van der Waals surface area contributed by atoms with Gasteiger partial charge < -0.3 is 15.2 Å². The van der Waals surface area contributed by atoms with Crippen LogP contribution in [0.4, 0.5) is 0 Å². The summed E-state index contributed by atoms with van der Waals surface area (Å²) in [6.45, 7) is 4.07. The number of nitrogens with zero attached hydrogens (tertiary/aromatic N) is 1. The molecule has 5 heteroatoms. The molecule has 0 aliphatic rings. The first-order valence-electron chi connectivity index (χ1n) is 7.10. The number of hydrogen-bond acceptors (Lipinski definition) is 4. The molecule has 0 unspecified atom stereocenters. The van der Waals surface area contributed by atoms with Crippen LogP contribution in [0.15, 0.2) is 24.3 Å². The molecule has 0 atom stereocenters. The van der Waals surface area contributed by atoms with Crippen molar-refractivity contribution >= 4 is 5.91 Å². The second-order valence-corrected chi connectivity index (χ2v) is 4.98. The zero-order chi connectivity index (χ0) is 15.7. The molecule has 1 rings (SSSR count). The highest BCUT2D eigenvalue weighted by molar-refractivity contribution is 5.78. The molecule has 5 nitrogen and oxygen atoms in total. The molecule has 0 aliphatic carbocycles. The second kappa shape index (κ2) is 8.28. The van der Waals surface area contributed by atoms with E-state index < -0.39 is 5.60 Å². The number of nitrogens with one attached hydrogen (secondary N) is 1. The standard InChI is InChI=1S/C16H22N2O3/c1-3-16(20,4-2)12-18-15(19)11-13-5-7-14(8-6-13)21-10-9-17/h5-8,20H,3-4,10-12H2,1-2H3,(H,18,19). The number of carbonyl (C=O) groups excluding carboxylic acids is 1. The highest BCUT2D eigenvalue weighted by atomic mass is 16.5. The largest absolute Gasteiger partial charge is 0.479 e. The SMILES string of the molecule is CCC(O)(CC)CNC(=O)Cc1ccc(OCC#N)cc1. The lowest BCUT2D eigenvalue weighted by atomic mass is 9.97. The zero-order valence-electron chi connectivity index (χ0n) is 12.6. The van der Waals surface area contributed by atoms with Crippen LogP contribution in [0, 0.1) is 11.3 Å². The van der Waals surface area contributed by atoms with E-state index in [-0.39, 0.29) is 25.5 Å². The molecule has 0 aromatic heterocycles. The molecule has 0 saturated carbocycles. The van der Waals surface area contributed by atoms with Crippen LogP contribution in [-0.4, -0.2) is 29.8 Å². The van der Waals surface area contributed by atoms with Crippen molar-refractivity contribution in [3.63, 3.8) is 0 Å². The summed E-state index contributed by atoms with van der Waals surface area (Å²) in [5, 5.41) is 21.3. The van der Waals surface area contributed by atoms with Gasteiger partial charge in [0.2, 0.25) is 5.91 Å². The monoisotopic (exact) mass is 290 g/mol. The average molecular weight is 290 g/mol. The highest BCUT2D eigenvalue weighted by Gasteiger charge is 2.22. The predicted molar refractivity (Wildman–Crippen MR) is 79.8 cm³/mol. The minimum absolute atomic E-state index is 0.00640. The molecular weight excluding hydrogens is 268 g/mol. The van der Waals surface area contributed by atoms with Gasteiger partial charge in [0, 0.05) is 6.54 Å². The third-order valence-corrected chi connectivity index (χ3v) is 3.52. The lowest BCUT2D eigenvalue weighted by Gasteiger charge is -2.25. The Kier molecular flexibility index (Phi) is 6.70. The maximum atomic E-state index is 11.9. The summed E-state index contributed by atoms with van der Waals surface area (Å²) in [5.74, 6) is 0.480. The molecule has 2 N–H and O–H groups in total. The third-order valence-electron chi connectivity index (χ3n) is 3.52. The molecule has 0 bridgehead atoms. The van der Waals surface area contributed by atoms with Gasteiger partial charge in [-0.2, -0.15) is 5.26 Å². The minimum atomic E-state index is -0.829. The smallest absolute Gasteiger partial charge is 0.224 e. The fourth-order valence-corrected chi connectivity index (χ4v) is 1.83. The lowest BCUT2D eigenvalue weighted by Crippen LogP contribution is -2.42. The molecule has 114 valence electrons. The van der Waals surface area contributed by atoms with Crippen molar-refractivity contribution in [2.24, 2.45) is 0 Å². The van der Waals surface area contributed by atoms with Gasteiger partial charge in [-0.15, -0.1) is 0 Å². The molecule has 1 amide bonds. The summed E-state index contributed by atoms with van der Waals surface area (Å²) in [6, 6.07) is 8.94. The van der Waals surface area contributed by atoms with Gasteiger partial charge in [0.15, 0.2) is 6.61 Å². The van der Waals surface area contributed by atoms with Crippen LogP contribution >= 0.6 is 0 Å². The van der Waals surface area contributed by atoms with Crippen LogP contribution in [0.3, 0.4) is 0 Å². The predicted octanol–water partition coefficient (Wildman–Crippen LogP) is 1.80. The molecule has 0 radical (unpaired) electrons. The van der Waals surface area contributed by atoms with Crippen LogP contribution in [0.25, 0.3) is 0 Å². The van der Waals surface area contributed by atoms with Gasteiger partial charge in [-0.1, -0.05) is 26.0 Å². The number of carbonyl (C=O) groups is 1. The summed E-state index contributed by atoms with van der Waals surface area (Å²) >= 11 is 0. The highest BCUT2D eigenvalue weighted by Crippen LogP contribution is 2.14. The van der Waals surface area contributed by atoms with Gasteiger partial charge >= 0.3 is 0 Å². The van der Waals surface area contributed by atoms with Gasteiger partial charge in [0.1, 0.15) is 11.8 Å². The number of hydrogen-bond donors (Lipinski definition) is 2. The van der Waals surface area contributed by atoms with E-state index in [9.17, 15) is 9.90 Å². The molecule has 0 saturated heterocycles. The van der Waals surface area contributed by atoms with E-state index in [2.05, 4.69) is 5.32 Å². The van der Waals surface area contributed by atoms with Gasteiger partial charge in [0.05, 0.1) is 12.0 Å². The summed E-state index contributed by atoms with van der Waals surface area (Å²) < 4.78 is 5.14. The van der Waals surface area contributed by atoms with Crippen molar-refractivity contribution in [2.75, 3.05) is 13.2 Å². The van der Waals surface area contributed by atoms with E-state index in [0.29, 0.717) is 18.6 Å². The van der Waals surface area contributed by atoms with Gasteiger partial charge in [-0.05, 0) is 30.5 Å². The number of benzene rings is 1. The minimum Gasteiger partial charge on any atom is -0.479 e. The first-order valence-corrected chi connectivity index (χ1v) is 7.10. The molecule has 21 heavy (non-hydrogen) atoms. The maximum Gasteiger partial charge on any atom is 0.224 e. The van der Waals surface area contributed by atoms with E-state index >= 15 is 0 Å². The van der Waals surface area contributed by atoms with E-state index in [1.54, 1.807) is 24.3 Å². The first-order chi connectivity index (χ1) is 10.0. The molecule has 0 spiro atoms. The van der Waals surface area contributed by atoms with Crippen LogP contribution in [-0.2, 0) is 11.2 Å². The van der Waals surface area contributed by atoms with Crippen molar-refractivity contribution in [3.8, 4) is 11.8 Å². The lowest BCUT2D eigenvalue weighted by molar-refractivity contribution is -0.121. The Morgan fingerprint density at radius 1 is 1.33 bits per heavy atom. The van der Waals surface area contributed by atoms with Gasteiger partial charge in [-0.25, -0.2) is 0 Å². The summed E-state index contributed by atoms with van der Waals surface area (Å²) in [7, 11) is 0. The summed E-state index contributed by atoms with van der Waals surface area (Å²) in [5.41, 5.74) is 0.0262. The number of amides is 1. The number of nitriles is 1. The van der Waals surface area contributed by atoms with Gasteiger partial charge in [-0.3, -0.25) is 4.79 Å². The quantitative estimate of drug-likeness (QED) is 0.765. The molecule has 1 aromatic carbocycles. The Labute approximate surface area is 125 Å². The van der Waals surface area contributed by atoms with Crippen molar-refractivity contribution in [3.05, 3.63) is 29.8 Å².